The van der Waals surface area contributed by atoms with E-state index in [-0.39, 0.29) is 11.8 Å². The lowest BCUT2D eigenvalue weighted by molar-refractivity contribution is -0.134. The summed E-state index contributed by atoms with van der Waals surface area (Å²) in [4.78, 5) is 30.7. The van der Waals surface area contributed by atoms with Gasteiger partial charge in [0.2, 0.25) is 11.8 Å². The van der Waals surface area contributed by atoms with Gasteiger partial charge in [-0.3, -0.25) is 14.5 Å². The van der Waals surface area contributed by atoms with Crippen molar-refractivity contribution in [1.29, 1.82) is 0 Å². The summed E-state index contributed by atoms with van der Waals surface area (Å²) in [7, 11) is 0. The number of aromatic nitrogens is 2. The molecule has 3 heterocycles. The summed E-state index contributed by atoms with van der Waals surface area (Å²) in [6.45, 7) is 7.46. The molecule has 2 aliphatic rings. The molecule has 2 amide bonds. The summed E-state index contributed by atoms with van der Waals surface area (Å²) in [6.07, 6.45) is 5.05. The van der Waals surface area contributed by atoms with Crippen LogP contribution < -0.4 is 0 Å². The lowest BCUT2D eigenvalue weighted by Crippen LogP contribution is -2.48. The molecule has 1 aromatic rings. The Morgan fingerprint density at radius 2 is 1.50 bits per heavy atom. The zero-order valence-corrected chi connectivity index (χ0v) is 15.7. The molecule has 2 aliphatic heterocycles. The molecule has 0 unspecified atom stereocenters. The van der Waals surface area contributed by atoms with Gasteiger partial charge in [-0.2, -0.15) is 0 Å². The van der Waals surface area contributed by atoms with Gasteiger partial charge in [-0.15, -0.1) is 0 Å². The van der Waals surface area contributed by atoms with Crippen molar-refractivity contribution in [3.63, 3.8) is 0 Å². The van der Waals surface area contributed by atoms with Crippen LogP contribution in [0.4, 0.5) is 0 Å². The average molecular weight is 363 g/mol. The quantitative estimate of drug-likeness (QED) is 0.755. The highest BCUT2D eigenvalue weighted by Crippen LogP contribution is 2.13. The Hall–Kier alpha value is -1.96. The minimum Gasteiger partial charge on any atom is -0.343 e. The van der Waals surface area contributed by atoms with Crippen LogP contribution in [-0.4, -0.2) is 76.1 Å². The van der Waals surface area contributed by atoms with Crippen LogP contribution in [0.3, 0.4) is 0 Å². The lowest BCUT2D eigenvalue weighted by atomic mass is 10.1. The molecule has 2 fully saturated rings. The molecule has 0 spiro atoms. The average Bonchev–Trinajstić information content (AvgIpc) is 3.07. The van der Waals surface area contributed by atoms with Gasteiger partial charge < -0.3 is 9.80 Å². The smallest absolute Gasteiger partial charge is 0.222 e. The fourth-order valence-corrected chi connectivity index (χ4v) is 3.61. The standard InChI is InChI=1S/C18H29N5O3/c1-15-16(20-26-19-15)14-21-10-12-23(13-11-21)18(25)7-5-6-17(24)22-8-3-2-4-9-22/h2-14H2,1H3. The molecule has 0 aromatic carbocycles. The lowest BCUT2D eigenvalue weighted by Gasteiger charge is -2.34. The molecule has 0 saturated carbocycles. The normalized spacial score (nSPS) is 19.0. The molecular weight excluding hydrogens is 334 g/mol. The fourth-order valence-electron chi connectivity index (χ4n) is 3.61. The van der Waals surface area contributed by atoms with E-state index < -0.39 is 0 Å². The van der Waals surface area contributed by atoms with Gasteiger partial charge in [-0.1, -0.05) is 10.3 Å². The Bertz CT molecular complexity index is 604. The Labute approximate surface area is 154 Å². The third-order valence-corrected chi connectivity index (χ3v) is 5.33. The third-order valence-electron chi connectivity index (χ3n) is 5.33. The molecule has 2 saturated heterocycles. The first-order valence-corrected chi connectivity index (χ1v) is 9.69. The van der Waals surface area contributed by atoms with Crippen molar-refractivity contribution in [2.45, 2.75) is 52.0 Å². The number of amides is 2. The van der Waals surface area contributed by atoms with Crippen molar-refractivity contribution in [2.24, 2.45) is 0 Å². The van der Waals surface area contributed by atoms with Crippen LogP contribution in [0.5, 0.6) is 0 Å². The maximum Gasteiger partial charge on any atom is 0.222 e. The number of piperazine rings is 1. The minimum atomic E-state index is 0.162. The van der Waals surface area contributed by atoms with Crippen LogP contribution in [0.25, 0.3) is 0 Å². The van der Waals surface area contributed by atoms with E-state index in [2.05, 4.69) is 15.2 Å². The molecule has 8 nitrogen and oxygen atoms in total. The van der Waals surface area contributed by atoms with Gasteiger partial charge in [0.1, 0.15) is 11.4 Å². The van der Waals surface area contributed by atoms with Gasteiger partial charge >= 0.3 is 0 Å². The van der Waals surface area contributed by atoms with E-state index in [4.69, 9.17) is 4.63 Å². The van der Waals surface area contributed by atoms with Crippen LogP contribution in [0.15, 0.2) is 4.63 Å². The van der Waals surface area contributed by atoms with Crippen LogP contribution in [0.1, 0.15) is 49.9 Å². The predicted molar refractivity (Wildman–Crippen MR) is 95.2 cm³/mol. The van der Waals surface area contributed by atoms with Crippen molar-refractivity contribution >= 4 is 11.8 Å². The van der Waals surface area contributed by atoms with Gasteiger partial charge in [-0.25, -0.2) is 4.63 Å². The number of likely N-dealkylation sites (tertiary alicyclic amines) is 1. The molecule has 0 aliphatic carbocycles. The van der Waals surface area contributed by atoms with Crippen LogP contribution >= 0.6 is 0 Å². The molecule has 0 atom stereocenters. The molecular formula is C18H29N5O3. The Morgan fingerprint density at radius 1 is 0.885 bits per heavy atom. The summed E-state index contributed by atoms with van der Waals surface area (Å²) in [5, 5.41) is 7.71. The first kappa shape index (κ1) is 18.8. The number of carbonyl (C=O) groups excluding carboxylic acids is 2. The van der Waals surface area contributed by atoms with E-state index in [0.717, 1.165) is 63.5 Å². The molecule has 1 aromatic heterocycles. The second kappa shape index (κ2) is 9.12. The second-order valence-electron chi connectivity index (χ2n) is 7.25. The maximum absolute atomic E-state index is 12.4. The van der Waals surface area contributed by atoms with E-state index in [1.807, 2.05) is 16.7 Å². The molecule has 0 N–H and O–H groups in total. The number of rotatable bonds is 6. The molecule has 0 radical (unpaired) electrons. The van der Waals surface area contributed by atoms with Crippen molar-refractivity contribution in [3.8, 4) is 0 Å². The minimum absolute atomic E-state index is 0.162. The Morgan fingerprint density at radius 3 is 2.08 bits per heavy atom. The van der Waals surface area contributed by atoms with Crippen molar-refractivity contribution in [1.82, 2.24) is 25.0 Å². The second-order valence-corrected chi connectivity index (χ2v) is 7.25. The van der Waals surface area contributed by atoms with Crippen LogP contribution in [-0.2, 0) is 16.1 Å². The topological polar surface area (TPSA) is 82.8 Å². The first-order valence-electron chi connectivity index (χ1n) is 9.69. The van der Waals surface area contributed by atoms with E-state index in [1.54, 1.807) is 0 Å². The third kappa shape index (κ3) is 5.03. The number of aryl methyl sites for hydroxylation is 1. The summed E-state index contributed by atoms with van der Waals surface area (Å²) < 4.78 is 4.73. The number of hydrogen-bond donors (Lipinski definition) is 0. The molecule has 3 rings (SSSR count). The van der Waals surface area contributed by atoms with Gasteiger partial charge in [0.05, 0.1) is 0 Å². The maximum atomic E-state index is 12.4. The van der Waals surface area contributed by atoms with Crippen molar-refractivity contribution in [3.05, 3.63) is 11.4 Å². The van der Waals surface area contributed by atoms with Crippen LogP contribution in [0.2, 0.25) is 0 Å². The van der Waals surface area contributed by atoms with Gasteiger partial charge in [0, 0.05) is 58.7 Å². The summed E-state index contributed by atoms with van der Waals surface area (Å²) in [5.41, 5.74) is 1.68. The van der Waals surface area contributed by atoms with E-state index >= 15 is 0 Å². The van der Waals surface area contributed by atoms with Gasteiger partial charge in [0.15, 0.2) is 0 Å². The highest BCUT2D eigenvalue weighted by molar-refractivity contribution is 5.79. The largest absolute Gasteiger partial charge is 0.343 e. The Balaban J connectivity index is 1.33. The van der Waals surface area contributed by atoms with Gasteiger partial charge in [-0.05, 0) is 32.6 Å². The predicted octanol–water partition coefficient (Wildman–Crippen LogP) is 1.21. The monoisotopic (exact) mass is 363 g/mol. The number of hydrogen-bond acceptors (Lipinski definition) is 6. The van der Waals surface area contributed by atoms with Gasteiger partial charge in [0.25, 0.3) is 0 Å². The molecule has 0 bridgehead atoms. The Kier molecular flexibility index (Phi) is 6.60. The summed E-state index contributed by atoms with van der Waals surface area (Å²) in [6, 6.07) is 0. The summed E-state index contributed by atoms with van der Waals surface area (Å²) in [5.74, 6) is 0.370. The van der Waals surface area contributed by atoms with Crippen LogP contribution in [0, 0.1) is 6.92 Å². The van der Waals surface area contributed by atoms with Crippen molar-refractivity contribution in [2.75, 3.05) is 39.3 Å². The zero-order valence-electron chi connectivity index (χ0n) is 15.7. The molecule has 8 heteroatoms. The van der Waals surface area contributed by atoms with Crippen molar-refractivity contribution < 1.29 is 14.2 Å². The number of nitrogens with zero attached hydrogens (tertiary/aromatic N) is 5. The summed E-state index contributed by atoms with van der Waals surface area (Å²) >= 11 is 0. The van der Waals surface area contributed by atoms with E-state index in [0.29, 0.717) is 25.8 Å². The molecule has 26 heavy (non-hydrogen) atoms. The van der Waals surface area contributed by atoms with E-state index in [1.165, 1.54) is 6.42 Å². The number of piperidine rings is 1. The highest BCUT2D eigenvalue weighted by atomic mass is 16.6. The first-order chi connectivity index (χ1) is 12.6. The SMILES string of the molecule is Cc1nonc1CN1CCN(C(=O)CCCC(=O)N2CCCCC2)CC1. The number of carbonyl (C=O) groups is 2. The fraction of sp³-hybridized carbons (Fsp3) is 0.778. The van der Waals surface area contributed by atoms with E-state index in [9.17, 15) is 9.59 Å². The molecule has 144 valence electrons. The highest BCUT2D eigenvalue weighted by Gasteiger charge is 2.23. The zero-order chi connectivity index (χ0) is 18.4.